The van der Waals surface area contributed by atoms with Crippen LogP contribution in [0.5, 0.6) is 11.5 Å². The van der Waals surface area contributed by atoms with Gasteiger partial charge >= 0.3 is 0 Å². The molecule has 0 radical (unpaired) electrons. The Hall–Kier alpha value is -3.38. The van der Waals surface area contributed by atoms with Crippen LogP contribution in [0, 0.1) is 13.8 Å². The normalized spacial score (nSPS) is 17.7. The largest absolute Gasteiger partial charge is 0.486 e. The summed E-state index contributed by atoms with van der Waals surface area (Å²) in [4.78, 5) is 19.5. The van der Waals surface area contributed by atoms with E-state index in [-0.39, 0.29) is 5.91 Å². The average molecular weight is 444 g/mol. The van der Waals surface area contributed by atoms with Crippen LogP contribution in [-0.4, -0.2) is 35.5 Å². The molecule has 1 N–H and O–H groups in total. The lowest BCUT2D eigenvalue weighted by Crippen LogP contribution is -2.23. The number of pyridine rings is 1. The molecule has 1 saturated heterocycles. The van der Waals surface area contributed by atoms with E-state index >= 15 is 0 Å². The Bertz CT molecular complexity index is 1140. The van der Waals surface area contributed by atoms with E-state index in [2.05, 4.69) is 39.5 Å². The average Bonchev–Trinajstić information content (AvgIpc) is 3.27. The molecular formula is C27H29N3O3. The number of hydrogen-bond donors (Lipinski definition) is 1. The number of hydrogen-bond acceptors (Lipinski definition) is 5. The number of carbonyl (C=O) groups excluding carboxylic acids is 1. The summed E-state index contributed by atoms with van der Waals surface area (Å²) in [5.41, 5.74) is 5.61. The third-order valence-corrected chi connectivity index (χ3v) is 6.26. The van der Waals surface area contributed by atoms with Gasteiger partial charge in [-0.3, -0.25) is 14.7 Å². The van der Waals surface area contributed by atoms with Crippen LogP contribution in [0.15, 0.2) is 54.6 Å². The maximum absolute atomic E-state index is 12.6. The first-order valence-corrected chi connectivity index (χ1v) is 11.5. The van der Waals surface area contributed by atoms with Crippen molar-refractivity contribution in [2.75, 3.05) is 25.1 Å². The minimum Gasteiger partial charge on any atom is -0.486 e. The number of amides is 1. The lowest BCUT2D eigenvalue weighted by molar-refractivity contribution is 0.102. The van der Waals surface area contributed by atoms with Crippen molar-refractivity contribution in [3.05, 3.63) is 82.7 Å². The number of likely N-dealkylation sites (tertiary alicyclic amines) is 1. The van der Waals surface area contributed by atoms with Gasteiger partial charge in [0.1, 0.15) is 13.2 Å². The quantitative estimate of drug-likeness (QED) is 0.597. The fourth-order valence-electron chi connectivity index (χ4n) is 4.76. The number of carbonyl (C=O) groups is 1. The lowest BCUT2D eigenvalue weighted by atomic mass is 10.0. The third kappa shape index (κ3) is 4.86. The minimum atomic E-state index is -0.116. The molecule has 2 aliphatic heterocycles. The highest BCUT2D eigenvalue weighted by Crippen LogP contribution is 2.38. The molecule has 1 unspecified atom stereocenters. The molecule has 3 aromatic rings. The topological polar surface area (TPSA) is 63.7 Å². The highest BCUT2D eigenvalue weighted by molar-refractivity contribution is 6.04. The number of rotatable bonds is 5. The Morgan fingerprint density at radius 2 is 1.73 bits per heavy atom. The molecular weight excluding hydrogens is 414 g/mol. The lowest BCUT2D eigenvalue weighted by Gasteiger charge is -2.26. The zero-order chi connectivity index (χ0) is 22.8. The molecule has 0 aliphatic carbocycles. The number of ether oxygens (including phenoxy) is 2. The van der Waals surface area contributed by atoms with Crippen LogP contribution in [0.1, 0.15) is 51.8 Å². The van der Waals surface area contributed by atoms with Gasteiger partial charge in [0.05, 0.1) is 0 Å². The van der Waals surface area contributed by atoms with Gasteiger partial charge in [0, 0.05) is 35.2 Å². The van der Waals surface area contributed by atoms with Crippen molar-refractivity contribution in [2.45, 2.75) is 39.3 Å². The van der Waals surface area contributed by atoms with Crippen LogP contribution in [0.4, 0.5) is 5.69 Å². The Morgan fingerprint density at radius 1 is 1.00 bits per heavy atom. The minimum absolute atomic E-state index is 0.116. The van der Waals surface area contributed by atoms with Crippen molar-refractivity contribution in [1.82, 2.24) is 9.88 Å². The number of fused-ring (bicyclic) bond motifs is 1. The van der Waals surface area contributed by atoms with E-state index in [1.807, 2.05) is 44.2 Å². The van der Waals surface area contributed by atoms with Gasteiger partial charge in [0.25, 0.3) is 5.91 Å². The predicted octanol–water partition coefficient (Wildman–Crippen LogP) is 5.06. The fraction of sp³-hybridized carbons (Fsp3) is 0.333. The van der Waals surface area contributed by atoms with Gasteiger partial charge in [-0.15, -0.1) is 0 Å². The van der Waals surface area contributed by atoms with Crippen molar-refractivity contribution >= 4 is 11.6 Å². The van der Waals surface area contributed by atoms with Crippen molar-refractivity contribution < 1.29 is 14.3 Å². The second-order valence-electron chi connectivity index (χ2n) is 8.82. The smallest absolute Gasteiger partial charge is 0.255 e. The summed E-state index contributed by atoms with van der Waals surface area (Å²) >= 11 is 0. The Morgan fingerprint density at radius 3 is 2.48 bits per heavy atom. The first-order chi connectivity index (χ1) is 16.0. The van der Waals surface area contributed by atoms with E-state index < -0.39 is 0 Å². The van der Waals surface area contributed by atoms with Gasteiger partial charge in [-0.25, -0.2) is 0 Å². The van der Waals surface area contributed by atoms with Crippen LogP contribution in [0.25, 0.3) is 0 Å². The zero-order valence-electron chi connectivity index (χ0n) is 19.1. The monoisotopic (exact) mass is 443 g/mol. The van der Waals surface area contributed by atoms with Gasteiger partial charge in [-0.05, 0) is 80.8 Å². The Kier molecular flexibility index (Phi) is 6.01. The molecule has 2 aromatic carbocycles. The predicted molar refractivity (Wildman–Crippen MR) is 128 cm³/mol. The van der Waals surface area contributed by atoms with Gasteiger partial charge < -0.3 is 14.8 Å². The molecule has 1 aromatic heterocycles. The summed E-state index contributed by atoms with van der Waals surface area (Å²) in [5, 5.41) is 2.99. The first kappa shape index (κ1) is 21.5. The zero-order valence-corrected chi connectivity index (χ0v) is 19.1. The number of aromatic nitrogens is 1. The SMILES string of the molecule is Cc1cc(C(=O)Nc2ccc(CN3CCCC3c3ccc4c(c3)OCCO4)cc2)cc(C)n1. The summed E-state index contributed by atoms with van der Waals surface area (Å²) in [6.45, 7) is 6.95. The van der Waals surface area contributed by atoms with Gasteiger partial charge in [0.2, 0.25) is 0 Å². The van der Waals surface area contributed by atoms with Crippen LogP contribution in [0.3, 0.4) is 0 Å². The van der Waals surface area contributed by atoms with E-state index in [1.54, 1.807) is 0 Å². The molecule has 1 amide bonds. The Labute approximate surface area is 194 Å². The maximum Gasteiger partial charge on any atom is 0.255 e. The second kappa shape index (κ2) is 9.24. The number of nitrogens with zero attached hydrogens (tertiary/aromatic N) is 2. The van der Waals surface area contributed by atoms with Crippen LogP contribution in [-0.2, 0) is 6.54 Å². The van der Waals surface area contributed by atoms with E-state index in [1.165, 1.54) is 17.5 Å². The Balaban J connectivity index is 1.24. The maximum atomic E-state index is 12.6. The van der Waals surface area contributed by atoms with Crippen LogP contribution in [0.2, 0.25) is 0 Å². The molecule has 2 aliphatic rings. The van der Waals surface area contributed by atoms with Crippen LogP contribution < -0.4 is 14.8 Å². The van der Waals surface area contributed by atoms with Crippen molar-refractivity contribution in [1.29, 1.82) is 0 Å². The summed E-state index contributed by atoms with van der Waals surface area (Å²) in [5.74, 6) is 1.57. The van der Waals surface area contributed by atoms with E-state index in [0.717, 1.165) is 48.1 Å². The number of nitrogens with one attached hydrogen (secondary N) is 1. The van der Waals surface area contributed by atoms with Gasteiger partial charge in [-0.1, -0.05) is 18.2 Å². The molecule has 5 rings (SSSR count). The van der Waals surface area contributed by atoms with Gasteiger partial charge in [-0.2, -0.15) is 0 Å². The number of aryl methyl sites for hydroxylation is 2. The first-order valence-electron chi connectivity index (χ1n) is 11.5. The highest BCUT2D eigenvalue weighted by Gasteiger charge is 2.27. The molecule has 3 heterocycles. The summed E-state index contributed by atoms with van der Waals surface area (Å²) in [6.07, 6.45) is 2.32. The number of anilines is 1. The van der Waals surface area contributed by atoms with Crippen molar-refractivity contribution in [3.63, 3.8) is 0 Å². The van der Waals surface area contributed by atoms with Crippen LogP contribution >= 0.6 is 0 Å². The summed E-state index contributed by atoms with van der Waals surface area (Å²) in [6, 6.07) is 18.5. The molecule has 6 heteroatoms. The van der Waals surface area contributed by atoms with Crippen molar-refractivity contribution in [3.8, 4) is 11.5 Å². The molecule has 1 atom stereocenters. The molecule has 0 bridgehead atoms. The highest BCUT2D eigenvalue weighted by atomic mass is 16.6. The van der Waals surface area contributed by atoms with E-state index in [9.17, 15) is 4.79 Å². The van der Waals surface area contributed by atoms with E-state index in [4.69, 9.17) is 9.47 Å². The van der Waals surface area contributed by atoms with E-state index in [0.29, 0.717) is 24.8 Å². The summed E-state index contributed by atoms with van der Waals surface area (Å²) in [7, 11) is 0. The molecule has 6 nitrogen and oxygen atoms in total. The summed E-state index contributed by atoms with van der Waals surface area (Å²) < 4.78 is 11.5. The molecule has 0 spiro atoms. The molecule has 33 heavy (non-hydrogen) atoms. The molecule has 170 valence electrons. The standard InChI is InChI=1S/C27H29N3O3/c1-18-14-22(15-19(2)28-18)27(31)29-23-8-5-20(6-9-23)17-30-11-3-4-24(30)21-7-10-25-26(16-21)33-13-12-32-25/h5-10,14-16,24H,3-4,11-13,17H2,1-2H3,(H,29,31). The van der Waals surface area contributed by atoms with Crippen molar-refractivity contribution in [2.24, 2.45) is 0 Å². The molecule has 0 saturated carbocycles. The third-order valence-electron chi connectivity index (χ3n) is 6.26. The second-order valence-corrected chi connectivity index (χ2v) is 8.82. The molecule has 1 fully saturated rings. The van der Waals surface area contributed by atoms with Gasteiger partial charge in [0.15, 0.2) is 11.5 Å². The fourth-order valence-corrected chi connectivity index (χ4v) is 4.76. The number of benzene rings is 2.